The molecule has 0 aliphatic rings. The van der Waals surface area contributed by atoms with Gasteiger partial charge >= 0.3 is 5.97 Å². The predicted molar refractivity (Wildman–Crippen MR) is 111 cm³/mol. The number of aliphatic hydroxyl groups is 1. The van der Waals surface area contributed by atoms with E-state index in [2.05, 4.69) is 32.7 Å². The van der Waals surface area contributed by atoms with E-state index in [0.29, 0.717) is 17.0 Å². The summed E-state index contributed by atoms with van der Waals surface area (Å²) in [4.78, 5) is 16.3. The van der Waals surface area contributed by atoms with Crippen LogP contribution in [-0.4, -0.2) is 28.4 Å². The summed E-state index contributed by atoms with van der Waals surface area (Å²) >= 11 is 3.38. The predicted octanol–water partition coefficient (Wildman–Crippen LogP) is 5.17. The number of carbonyl (C=O) groups is 1. The Morgan fingerprint density at radius 3 is 2.26 bits per heavy atom. The Hall–Kier alpha value is -2.67. The van der Waals surface area contributed by atoms with Crippen LogP contribution in [0.4, 0.5) is 5.82 Å². The van der Waals surface area contributed by atoms with Gasteiger partial charge in [0.2, 0.25) is 5.88 Å². The van der Waals surface area contributed by atoms with E-state index in [0.717, 1.165) is 10.0 Å². The number of anilines is 1. The minimum Gasteiger partial charge on any atom is -0.493 e. The highest BCUT2D eigenvalue weighted by Crippen LogP contribution is 2.25. The third kappa shape index (κ3) is 5.40. The third-order valence-electron chi connectivity index (χ3n) is 3.55. The average Bonchev–Trinajstić information content (AvgIpc) is 2.61. The lowest BCUT2D eigenvalue weighted by atomic mass is 10.1. The van der Waals surface area contributed by atoms with E-state index < -0.39 is 11.6 Å². The smallest absolute Gasteiger partial charge is 0.340 e. The van der Waals surface area contributed by atoms with Crippen molar-refractivity contribution in [3.05, 3.63) is 64.1 Å². The van der Waals surface area contributed by atoms with Gasteiger partial charge < -0.3 is 9.84 Å². The molecule has 0 spiro atoms. The van der Waals surface area contributed by atoms with Gasteiger partial charge in [-0.2, -0.15) is 10.1 Å². The van der Waals surface area contributed by atoms with Crippen LogP contribution < -0.4 is 5.01 Å². The number of nitrogens with zero attached hydrogens (tertiary/aromatic N) is 3. The second kappa shape index (κ2) is 8.35. The first-order chi connectivity index (χ1) is 12.6. The molecule has 2 rings (SSSR count). The summed E-state index contributed by atoms with van der Waals surface area (Å²) in [5, 5.41) is 15.7. The molecule has 0 bridgehead atoms. The van der Waals surface area contributed by atoms with Crippen LogP contribution in [0.2, 0.25) is 0 Å². The topological polar surface area (TPSA) is 75.0 Å². The van der Waals surface area contributed by atoms with Crippen molar-refractivity contribution >= 4 is 40.0 Å². The lowest BCUT2D eigenvalue weighted by Gasteiger charge is -2.20. The van der Waals surface area contributed by atoms with Gasteiger partial charge in [-0.15, -0.1) is 0 Å². The Labute approximate surface area is 167 Å². The van der Waals surface area contributed by atoms with Gasteiger partial charge in [-0.1, -0.05) is 28.1 Å². The average molecular weight is 432 g/mol. The van der Waals surface area contributed by atoms with E-state index in [1.54, 1.807) is 39.8 Å². The van der Waals surface area contributed by atoms with Crippen LogP contribution >= 0.6 is 15.9 Å². The lowest BCUT2D eigenvalue weighted by Crippen LogP contribution is -2.24. The van der Waals surface area contributed by atoms with Crippen molar-refractivity contribution in [1.29, 1.82) is 0 Å². The van der Waals surface area contributed by atoms with Crippen LogP contribution in [0.1, 0.15) is 43.6 Å². The number of rotatable bonds is 5. The molecule has 0 unspecified atom stereocenters. The molecule has 142 valence electrons. The molecule has 0 aliphatic heterocycles. The number of aromatic nitrogens is 1. The fourth-order valence-corrected chi connectivity index (χ4v) is 2.47. The number of carbonyl (C=O) groups excluding carboxylic acids is 1. The SMILES string of the molecule is C=NN(/C(O)=C(\C)c1ccc(Br)cc1)c1ccc(C(=O)OC(C)(C)C)cn1. The largest absolute Gasteiger partial charge is 0.493 e. The fourth-order valence-electron chi connectivity index (χ4n) is 2.20. The van der Waals surface area contributed by atoms with Crippen molar-refractivity contribution in [3.8, 4) is 0 Å². The minimum atomic E-state index is -0.590. The van der Waals surface area contributed by atoms with Crippen molar-refractivity contribution in [1.82, 2.24) is 4.98 Å². The van der Waals surface area contributed by atoms with Crippen LogP contribution in [0.5, 0.6) is 0 Å². The third-order valence-corrected chi connectivity index (χ3v) is 4.08. The highest BCUT2D eigenvalue weighted by Gasteiger charge is 2.20. The number of halogens is 1. The Bertz CT molecular complexity index is 854. The van der Waals surface area contributed by atoms with Crippen molar-refractivity contribution < 1.29 is 14.6 Å². The second-order valence-electron chi connectivity index (χ2n) is 6.82. The number of pyridine rings is 1. The van der Waals surface area contributed by atoms with Crippen LogP contribution in [0.3, 0.4) is 0 Å². The van der Waals surface area contributed by atoms with Gasteiger partial charge in [0.25, 0.3) is 0 Å². The summed E-state index contributed by atoms with van der Waals surface area (Å²) in [6.07, 6.45) is 1.38. The molecule has 2 aromatic rings. The van der Waals surface area contributed by atoms with Crippen LogP contribution in [0.15, 0.2) is 58.1 Å². The molecule has 1 N–H and O–H groups in total. The van der Waals surface area contributed by atoms with E-state index in [4.69, 9.17) is 4.74 Å². The molecular formula is C20H22BrN3O3. The fraction of sp³-hybridized carbons (Fsp3) is 0.250. The molecule has 0 amide bonds. The zero-order chi connectivity index (χ0) is 20.2. The quantitative estimate of drug-likeness (QED) is 0.306. The number of ether oxygens (including phenoxy) is 1. The summed E-state index contributed by atoms with van der Waals surface area (Å²) in [5.74, 6) is -0.249. The summed E-state index contributed by atoms with van der Waals surface area (Å²) in [6.45, 7) is 10.7. The second-order valence-corrected chi connectivity index (χ2v) is 7.73. The molecule has 7 heteroatoms. The number of hydrazone groups is 1. The monoisotopic (exact) mass is 431 g/mol. The molecule has 0 saturated heterocycles. The van der Waals surface area contributed by atoms with Crippen LogP contribution in [0, 0.1) is 0 Å². The van der Waals surface area contributed by atoms with E-state index in [1.165, 1.54) is 11.2 Å². The summed E-state index contributed by atoms with van der Waals surface area (Å²) in [5.41, 5.74) is 1.15. The van der Waals surface area contributed by atoms with Crippen LogP contribution in [-0.2, 0) is 4.74 Å². The van der Waals surface area contributed by atoms with Gasteiger partial charge in [0.1, 0.15) is 5.60 Å². The number of aliphatic hydroxyl groups excluding tert-OH is 1. The molecular weight excluding hydrogens is 410 g/mol. The molecule has 27 heavy (non-hydrogen) atoms. The first-order valence-corrected chi connectivity index (χ1v) is 9.03. The number of benzene rings is 1. The number of allylic oxidation sites excluding steroid dienone is 1. The lowest BCUT2D eigenvalue weighted by molar-refractivity contribution is 0.00691. The normalized spacial score (nSPS) is 12.2. The zero-order valence-electron chi connectivity index (χ0n) is 15.7. The first-order valence-electron chi connectivity index (χ1n) is 8.24. The maximum atomic E-state index is 12.1. The molecule has 6 nitrogen and oxygen atoms in total. The molecule has 0 atom stereocenters. The summed E-state index contributed by atoms with van der Waals surface area (Å²) in [6, 6.07) is 10.6. The van der Waals surface area contributed by atoms with Crippen molar-refractivity contribution in [2.75, 3.05) is 5.01 Å². The molecule has 1 aromatic heterocycles. The molecule has 0 aliphatic carbocycles. The van der Waals surface area contributed by atoms with E-state index in [1.807, 2.05) is 24.3 Å². The molecule has 0 radical (unpaired) electrons. The van der Waals surface area contributed by atoms with Crippen molar-refractivity contribution in [3.63, 3.8) is 0 Å². The first kappa shape index (κ1) is 20.6. The molecule has 1 aromatic carbocycles. The van der Waals surface area contributed by atoms with Gasteiger partial charge in [-0.3, -0.25) is 0 Å². The van der Waals surface area contributed by atoms with Crippen molar-refractivity contribution in [2.24, 2.45) is 5.10 Å². The zero-order valence-corrected chi connectivity index (χ0v) is 17.3. The summed E-state index contributed by atoms with van der Waals surface area (Å²) < 4.78 is 6.25. The molecule has 1 heterocycles. The number of hydrogen-bond donors (Lipinski definition) is 1. The van der Waals surface area contributed by atoms with Gasteiger partial charge in [-0.05, 0) is 57.5 Å². The highest BCUT2D eigenvalue weighted by atomic mass is 79.9. The maximum Gasteiger partial charge on any atom is 0.340 e. The van der Waals surface area contributed by atoms with Gasteiger partial charge in [0, 0.05) is 23.0 Å². The number of hydrogen-bond acceptors (Lipinski definition) is 6. The van der Waals surface area contributed by atoms with E-state index >= 15 is 0 Å². The van der Waals surface area contributed by atoms with Gasteiger partial charge in [0.05, 0.1) is 5.56 Å². The Morgan fingerprint density at radius 1 is 1.19 bits per heavy atom. The Morgan fingerprint density at radius 2 is 1.78 bits per heavy atom. The van der Waals surface area contributed by atoms with E-state index in [9.17, 15) is 9.90 Å². The Balaban J connectivity index is 2.29. The standard InChI is InChI=1S/C20H22BrN3O3/c1-13(14-6-9-16(21)10-7-14)18(25)24(22-5)17-11-8-15(12-23-17)19(26)27-20(2,3)4/h6-12,25H,5H2,1-4H3/b18-13-. The minimum absolute atomic E-state index is 0.107. The van der Waals surface area contributed by atoms with Crippen LogP contribution in [0.25, 0.3) is 5.57 Å². The maximum absolute atomic E-state index is 12.1. The molecule has 0 fully saturated rings. The van der Waals surface area contributed by atoms with E-state index in [-0.39, 0.29) is 5.88 Å². The number of esters is 1. The van der Waals surface area contributed by atoms with Gasteiger partial charge in [0.15, 0.2) is 5.82 Å². The Kier molecular flexibility index (Phi) is 6.38. The summed E-state index contributed by atoms with van der Waals surface area (Å²) in [7, 11) is 0. The van der Waals surface area contributed by atoms with Crippen molar-refractivity contribution in [2.45, 2.75) is 33.3 Å². The highest BCUT2D eigenvalue weighted by molar-refractivity contribution is 9.10. The van der Waals surface area contributed by atoms with Gasteiger partial charge in [-0.25, -0.2) is 9.78 Å². The molecule has 0 saturated carbocycles.